The van der Waals surface area contributed by atoms with Crippen LogP contribution in [0.1, 0.15) is 6.42 Å². The first-order valence-corrected chi connectivity index (χ1v) is 5.49. The average Bonchev–Trinajstić information content (AvgIpc) is 2.31. The number of ether oxygens (including phenoxy) is 1. The number of hydrogen-bond acceptors (Lipinski definition) is 2. The molecule has 0 bridgehead atoms. The van der Waals surface area contributed by atoms with Gasteiger partial charge < -0.3 is 10.1 Å². The van der Waals surface area contributed by atoms with Crippen LogP contribution in [0.15, 0.2) is 18.2 Å². The smallest absolute Gasteiger partial charge is 0.321 e. The molecule has 1 aliphatic rings. The topological polar surface area (TPSA) is 41.6 Å². The second-order valence-electron chi connectivity index (χ2n) is 3.56. The van der Waals surface area contributed by atoms with Gasteiger partial charge in [-0.3, -0.25) is 4.90 Å². The molecule has 0 spiro atoms. The van der Waals surface area contributed by atoms with Gasteiger partial charge in [-0.2, -0.15) is 0 Å². The standard InChI is InChI=1S/C11H13ClN2O2/c1-16-10-7-8(3-4-9(10)12)14-6-2-5-13-11(14)15/h3-4,7H,2,5-6H2,1H3,(H,13,15). The summed E-state index contributed by atoms with van der Waals surface area (Å²) in [6.45, 7) is 1.46. The van der Waals surface area contributed by atoms with Gasteiger partial charge in [0.25, 0.3) is 0 Å². The number of methoxy groups -OCH3 is 1. The first-order chi connectivity index (χ1) is 7.72. The number of rotatable bonds is 2. The normalized spacial score (nSPS) is 15.9. The molecule has 2 amide bonds. The minimum atomic E-state index is -0.0735. The van der Waals surface area contributed by atoms with Gasteiger partial charge in [0.15, 0.2) is 0 Å². The number of benzene rings is 1. The van der Waals surface area contributed by atoms with Gasteiger partial charge in [0.2, 0.25) is 0 Å². The molecule has 0 saturated carbocycles. The van der Waals surface area contributed by atoms with Crippen LogP contribution in [0, 0.1) is 0 Å². The molecule has 1 aromatic rings. The van der Waals surface area contributed by atoms with Crippen molar-refractivity contribution in [1.82, 2.24) is 5.32 Å². The molecule has 1 N–H and O–H groups in total. The third-order valence-corrected chi connectivity index (χ3v) is 2.84. The Bertz CT molecular complexity index is 409. The summed E-state index contributed by atoms with van der Waals surface area (Å²) < 4.78 is 5.12. The SMILES string of the molecule is COc1cc(N2CCCNC2=O)ccc1Cl. The maximum absolute atomic E-state index is 11.6. The second kappa shape index (κ2) is 4.61. The number of nitrogens with zero attached hydrogens (tertiary/aromatic N) is 1. The van der Waals surface area contributed by atoms with Crippen molar-refractivity contribution < 1.29 is 9.53 Å². The summed E-state index contributed by atoms with van der Waals surface area (Å²) in [6.07, 6.45) is 0.941. The molecule has 4 nitrogen and oxygen atoms in total. The third-order valence-electron chi connectivity index (χ3n) is 2.53. The summed E-state index contributed by atoms with van der Waals surface area (Å²) in [7, 11) is 1.56. The Kier molecular flexibility index (Phi) is 3.19. The summed E-state index contributed by atoms with van der Waals surface area (Å²) >= 11 is 5.93. The third kappa shape index (κ3) is 2.07. The van der Waals surface area contributed by atoms with Gasteiger partial charge in [-0.05, 0) is 18.6 Å². The summed E-state index contributed by atoms with van der Waals surface area (Å²) in [4.78, 5) is 13.3. The molecule has 0 radical (unpaired) electrons. The van der Waals surface area contributed by atoms with Crippen molar-refractivity contribution in [3.63, 3.8) is 0 Å². The Morgan fingerprint density at radius 2 is 2.31 bits per heavy atom. The number of nitrogens with one attached hydrogen (secondary N) is 1. The number of amides is 2. The molecule has 0 aliphatic carbocycles. The zero-order valence-electron chi connectivity index (χ0n) is 9.00. The highest BCUT2D eigenvalue weighted by molar-refractivity contribution is 6.32. The van der Waals surface area contributed by atoms with Crippen LogP contribution in [0.3, 0.4) is 0 Å². The highest BCUT2D eigenvalue weighted by Gasteiger charge is 2.19. The molecular formula is C11H13ClN2O2. The van der Waals surface area contributed by atoms with E-state index in [1.807, 2.05) is 6.07 Å². The number of anilines is 1. The fourth-order valence-electron chi connectivity index (χ4n) is 1.69. The second-order valence-corrected chi connectivity index (χ2v) is 3.96. The Balaban J connectivity index is 2.29. The van der Waals surface area contributed by atoms with Crippen molar-refractivity contribution in [2.24, 2.45) is 0 Å². The Hall–Kier alpha value is -1.42. The van der Waals surface area contributed by atoms with E-state index in [2.05, 4.69) is 5.32 Å². The molecule has 0 atom stereocenters. The van der Waals surface area contributed by atoms with Crippen LogP contribution >= 0.6 is 11.6 Å². The summed E-state index contributed by atoms with van der Waals surface area (Å²) in [6, 6.07) is 5.25. The van der Waals surface area contributed by atoms with Gasteiger partial charge in [-0.25, -0.2) is 4.79 Å². The minimum absolute atomic E-state index is 0.0735. The van der Waals surface area contributed by atoms with Crippen molar-refractivity contribution in [3.8, 4) is 5.75 Å². The molecular weight excluding hydrogens is 228 g/mol. The highest BCUT2D eigenvalue weighted by Crippen LogP contribution is 2.29. The number of carbonyl (C=O) groups excluding carboxylic acids is 1. The van der Waals surface area contributed by atoms with Crippen molar-refractivity contribution >= 4 is 23.3 Å². The van der Waals surface area contributed by atoms with Gasteiger partial charge in [0, 0.05) is 24.8 Å². The van der Waals surface area contributed by atoms with Gasteiger partial charge >= 0.3 is 6.03 Å². The van der Waals surface area contributed by atoms with E-state index in [0.29, 0.717) is 10.8 Å². The van der Waals surface area contributed by atoms with Crippen LogP contribution in [-0.4, -0.2) is 26.2 Å². The fraction of sp³-hybridized carbons (Fsp3) is 0.364. The Morgan fingerprint density at radius 1 is 1.50 bits per heavy atom. The van der Waals surface area contributed by atoms with Crippen LogP contribution in [-0.2, 0) is 0 Å². The van der Waals surface area contributed by atoms with E-state index in [0.717, 1.165) is 25.2 Å². The number of halogens is 1. The van der Waals surface area contributed by atoms with Crippen LogP contribution < -0.4 is 15.0 Å². The molecule has 16 heavy (non-hydrogen) atoms. The Morgan fingerprint density at radius 3 is 3.00 bits per heavy atom. The molecule has 1 heterocycles. The lowest BCUT2D eigenvalue weighted by Gasteiger charge is -2.27. The fourth-order valence-corrected chi connectivity index (χ4v) is 1.89. The molecule has 2 rings (SSSR count). The van der Waals surface area contributed by atoms with Crippen molar-refractivity contribution in [2.75, 3.05) is 25.1 Å². The van der Waals surface area contributed by atoms with Crippen LogP contribution in [0.5, 0.6) is 5.75 Å². The van der Waals surface area contributed by atoms with Crippen LogP contribution in [0.25, 0.3) is 0 Å². The summed E-state index contributed by atoms with van der Waals surface area (Å²) in [5.74, 6) is 0.581. The predicted octanol–water partition coefficient (Wildman–Crippen LogP) is 2.27. The van der Waals surface area contributed by atoms with E-state index >= 15 is 0 Å². The van der Waals surface area contributed by atoms with E-state index in [1.165, 1.54) is 0 Å². The van der Waals surface area contributed by atoms with Crippen molar-refractivity contribution in [1.29, 1.82) is 0 Å². The van der Waals surface area contributed by atoms with Crippen LogP contribution in [0.2, 0.25) is 5.02 Å². The zero-order valence-corrected chi connectivity index (χ0v) is 9.75. The van der Waals surface area contributed by atoms with E-state index in [-0.39, 0.29) is 6.03 Å². The molecule has 0 unspecified atom stereocenters. The average molecular weight is 241 g/mol. The van der Waals surface area contributed by atoms with Gasteiger partial charge in [-0.1, -0.05) is 11.6 Å². The summed E-state index contributed by atoms with van der Waals surface area (Å²) in [5, 5.41) is 3.34. The Labute approximate surface area is 99.1 Å². The lowest BCUT2D eigenvalue weighted by molar-refractivity contribution is 0.243. The van der Waals surface area contributed by atoms with Crippen molar-refractivity contribution in [2.45, 2.75) is 6.42 Å². The van der Waals surface area contributed by atoms with E-state index < -0.39 is 0 Å². The van der Waals surface area contributed by atoms with E-state index in [9.17, 15) is 4.79 Å². The monoisotopic (exact) mass is 240 g/mol. The number of urea groups is 1. The number of carbonyl (C=O) groups is 1. The predicted molar refractivity (Wildman–Crippen MR) is 63.4 cm³/mol. The largest absolute Gasteiger partial charge is 0.495 e. The molecule has 1 fully saturated rings. The molecule has 0 aromatic heterocycles. The van der Waals surface area contributed by atoms with E-state index in [1.54, 1.807) is 24.1 Å². The van der Waals surface area contributed by atoms with Crippen LogP contribution in [0.4, 0.5) is 10.5 Å². The molecule has 5 heteroatoms. The van der Waals surface area contributed by atoms with Gasteiger partial charge in [-0.15, -0.1) is 0 Å². The maximum Gasteiger partial charge on any atom is 0.321 e. The zero-order chi connectivity index (χ0) is 11.5. The number of hydrogen-bond donors (Lipinski definition) is 1. The molecule has 86 valence electrons. The maximum atomic E-state index is 11.6. The first-order valence-electron chi connectivity index (χ1n) is 5.11. The lowest BCUT2D eigenvalue weighted by atomic mass is 10.2. The summed E-state index contributed by atoms with van der Waals surface area (Å²) in [5.41, 5.74) is 0.804. The van der Waals surface area contributed by atoms with Gasteiger partial charge in [0.05, 0.1) is 12.1 Å². The quantitative estimate of drug-likeness (QED) is 0.862. The molecule has 1 aromatic carbocycles. The van der Waals surface area contributed by atoms with Crippen molar-refractivity contribution in [3.05, 3.63) is 23.2 Å². The first kappa shape index (κ1) is 11.1. The van der Waals surface area contributed by atoms with E-state index in [4.69, 9.17) is 16.3 Å². The minimum Gasteiger partial charge on any atom is -0.495 e. The lowest BCUT2D eigenvalue weighted by Crippen LogP contribution is -2.46. The van der Waals surface area contributed by atoms with Gasteiger partial charge in [0.1, 0.15) is 5.75 Å². The molecule has 1 aliphatic heterocycles. The highest BCUT2D eigenvalue weighted by atomic mass is 35.5. The molecule has 1 saturated heterocycles.